The molecule has 5 N–H and O–H groups in total. The van der Waals surface area contributed by atoms with E-state index in [1.165, 1.54) is 20.6 Å². The molecular formula is C23H28BrN5O6. The van der Waals surface area contributed by atoms with Gasteiger partial charge in [-0.3, -0.25) is 14.4 Å². The van der Waals surface area contributed by atoms with Crippen molar-refractivity contribution in [3.05, 3.63) is 52.0 Å². The number of aliphatic imine (C=N–C) groups is 1. The minimum absolute atomic E-state index is 0.120. The highest BCUT2D eigenvalue weighted by molar-refractivity contribution is 9.10. The average Bonchev–Trinajstić information content (AvgIpc) is 2.85. The molecule has 11 nitrogen and oxygen atoms in total. The molecule has 12 heteroatoms. The Morgan fingerprint density at radius 3 is 2.60 bits per heavy atom. The van der Waals surface area contributed by atoms with Gasteiger partial charge in [-0.2, -0.15) is 0 Å². The van der Waals surface area contributed by atoms with Crippen LogP contribution in [-0.4, -0.2) is 51.5 Å². The molecule has 0 aromatic heterocycles. The number of hydrogen-bond acceptors (Lipinski definition) is 8. The third-order valence-corrected chi connectivity index (χ3v) is 5.26. The van der Waals surface area contributed by atoms with Gasteiger partial charge in [-0.15, -0.1) is 0 Å². The number of carbonyl (C=O) groups is 3. The maximum atomic E-state index is 12.7. The molecule has 0 aliphatic carbocycles. The van der Waals surface area contributed by atoms with Gasteiger partial charge >= 0.3 is 5.97 Å². The van der Waals surface area contributed by atoms with Crippen molar-refractivity contribution < 1.29 is 28.6 Å². The molecule has 35 heavy (non-hydrogen) atoms. The highest BCUT2D eigenvalue weighted by Crippen LogP contribution is 2.38. The quantitative estimate of drug-likeness (QED) is 0.103. The Morgan fingerprint density at radius 2 is 1.94 bits per heavy atom. The normalized spacial score (nSPS) is 11.5. The van der Waals surface area contributed by atoms with Crippen molar-refractivity contribution >= 4 is 45.7 Å². The second-order valence-corrected chi connectivity index (χ2v) is 7.88. The summed E-state index contributed by atoms with van der Waals surface area (Å²) in [4.78, 5) is 41.4. The number of carbonyl (C=O) groups excluding carboxylic acids is 3. The van der Waals surface area contributed by atoms with Gasteiger partial charge in [0.2, 0.25) is 5.91 Å². The molecule has 188 valence electrons. The fourth-order valence-electron chi connectivity index (χ4n) is 3.13. The summed E-state index contributed by atoms with van der Waals surface area (Å²) in [5, 5.41) is 5.32. The molecule has 0 aliphatic heterocycles. The summed E-state index contributed by atoms with van der Waals surface area (Å²) in [5.41, 5.74) is 3.69. The number of methoxy groups -OCH3 is 2. The number of esters is 1. The van der Waals surface area contributed by atoms with Gasteiger partial charge in [0.1, 0.15) is 6.34 Å². The SMILES string of the molecule is CCOC(=O)CC(NC(=O)CNC(=O)c1cccc(N=CNN)c1)c1cc(Br)c(OC)c(OC)c1. The van der Waals surface area contributed by atoms with Crippen LogP contribution >= 0.6 is 15.9 Å². The fourth-order valence-corrected chi connectivity index (χ4v) is 3.75. The van der Waals surface area contributed by atoms with Crippen LogP contribution in [-0.2, 0) is 14.3 Å². The number of rotatable bonds is 12. The zero-order valence-electron chi connectivity index (χ0n) is 19.6. The van der Waals surface area contributed by atoms with E-state index in [-0.39, 0.29) is 19.6 Å². The molecule has 0 bridgehead atoms. The number of ether oxygens (including phenoxy) is 3. The third kappa shape index (κ3) is 8.26. The maximum Gasteiger partial charge on any atom is 0.308 e. The van der Waals surface area contributed by atoms with Crippen molar-refractivity contribution in [3.63, 3.8) is 0 Å². The molecule has 0 radical (unpaired) electrons. The van der Waals surface area contributed by atoms with Crippen molar-refractivity contribution in [2.45, 2.75) is 19.4 Å². The lowest BCUT2D eigenvalue weighted by molar-refractivity contribution is -0.143. The summed E-state index contributed by atoms with van der Waals surface area (Å²) >= 11 is 3.42. The largest absolute Gasteiger partial charge is 0.493 e. The average molecular weight is 550 g/mol. The Labute approximate surface area is 211 Å². The minimum Gasteiger partial charge on any atom is -0.493 e. The first kappa shape index (κ1) is 27.6. The predicted molar refractivity (Wildman–Crippen MR) is 134 cm³/mol. The van der Waals surface area contributed by atoms with E-state index >= 15 is 0 Å². The maximum absolute atomic E-state index is 12.7. The molecule has 1 atom stereocenters. The monoisotopic (exact) mass is 549 g/mol. The highest BCUT2D eigenvalue weighted by atomic mass is 79.9. The smallest absolute Gasteiger partial charge is 0.308 e. The van der Waals surface area contributed by atoms with Crippen LogP contribution in [0.4, 0.5) is 5.69 Å². The molecule has 2 amide bonds. The lowest BCUT2D eigenvalue weighted by atomic mass is 10.0. The molecule has 1 unspecified atom stereocenters. The van der Waals surface area contributed by atoms with Gasteiger partial charge in [0.15, 0.2) is 11.5 Å². The first-order valence-electron chi connectivity index (χ1n) is 10.6. The van der Waals surface area contributed by atoms with E-state index in [0.717, 1.165) is 0 Å². The van der Waals surface area contributed by atoms with E-state index in [0.29, 0.717) is 32.8 Å². The van der Waals surface area contributed by atoms with Crippen LogP contribution in [0, 0.1) is 0 Å². The molecule has 0 fully saturated rings. The topological polar surface area (TPSA) is 153 Å². The zero-order valence-corrected chi connectivity index (χ0v) is 21.2. The Morgan fingerprint density at radius 1 is 1.17 bits per heavy atom. The standard InChI is InChI=1S/C23H28BrN5O6/c1-4-35-21(31)11-18(15-9-17(24)22(34-3)19(10-15)33-2)29-20(30)12-26-23(32)14-6-5-7-16(8-14)27-13-28-25/h5-10,13,18H,4,11-12,25H2,1-3H3,(H,26,32)(H,27,28)(H,29,30). The first-order chi connectivity index (χ1) is 16.8. The molecule has 2 aromatic carbocycles. The van der Waals surface area contributed by atoms with Gasteiger partial charge in [-0.05, 0) is 58.7 Å². The summed E-state index contributed by atoms with van der Waals surface area (Å²) in [6.07, 6.45) is 1.16. The summed E-state index contributed by atoms with van der Waals surface area (Å²) in [6, 6.07) is 9.12. The molecule has 0 heterocycles. The van der Waals surface area contributed by atoms with Crippen molar-refractivity contribution in [2.75, 3.05) is 27.4 Å². The Balaban J connectivity index is 2.15. The first-order valence-corrected chi connectivity index (χ1v) is 11.4. The lowest BCUT2D eigenvalue weighted by Crippen LogP contribution is -2.39. The summed E-state index contributed by atoms with van der Waals surface area (Å²) in [6.45, 7) is 1.58. The summed E-state index contributed by atoms with van der Waals surface area (Å²) in [7, 11) is 2.98. The summed E-state index contributed by atoms with van der Waals surface area (Å²) < 4.78 is 16.3. The van der Waals surface area contributed by atoms with E-state index < -0.39 is 23.8 Å². The van der Waals surface area contributed by atoms with Crippen LogP contribution in [0.3, 0.4) is 0 Å². The second-order valence-electron chi connectivity index (χ2n) is 7.03. The predicted octanol–water partition coefficient (Wildman–Crippen LogP) is 2.13. The van der Waals surface area contributed by atoms with Crippen LogP contribution in [0.1, 0.15) is 35.3 Å². The number of nitrogens with one attached hydrogen (secondary N) is 3. The molecular weight excluding hydrogens is 522 g/mol. The summed E-state index contributed by atoms with van der Waals surface area (Å²) in [5.74, 6) is 4.59. The fraction of sp³-hybridized carbons (Fsp3) is 0.304. The second kappa shape index (κ2) is 13.9. The third-order valence-electron chi connectivity index (χ3n) is 4.68. The van der Waals surface area contributed by atoms with Crippen molar-refractivity contribution in [2.24, 2.45) is 10.8 Å². The van der Waals surface area contributed by atoms with Gasteiger partial charge in [0.05, 0.1) is 50.0 Å². The number of hydrazine groups is 1. The Bertz CT molecular complexity index is 1080. The lowest BCUT2D eigenvalue weighted by Gasteiger charge is -2.21. The minimum atomic E-state index is -0.740. The van der Waals surface area contributed by atoms with E-state index in [4.69, 9.17) is 20.1 Å². The van der Waals surface area contributed by atoms with E-state index in [2.05, 4.69) is 37.0 Å². The number of halogens is 1. The highest BCUT2D eigenvalue weighted by Gasteiger charge is 2.23. The number of nitrogens with two attached hydrogens (primary N) is 1. The number of amides is 2. The zero-order chi connectivity index (χ0) is 25.8. The van der Waals surface area contributed by atoms with Crippen LogP contribution in [0.15, 0.2) is 45.9 Å². The van der Waals surface area contributed by atoms with E-state index in [9.17, 15) is 14.4 Å². The van der Waals surface area contributed by atoms with Crippen LogP contribution < -0.4 is 31.4 Å². The van der Waals surface area contributed by atoms with Crippen molar-refractivity contribution in [1.29, 1.82) is 0 Å². The molecule has 0 aliphatic rings. The number of nitrogens with zero attached hydrogens (tertiary/aromatic N) is 1. The number of benzene rings is 2. The Hall–Kier alpha value is -3.64. The van der Waals surface area contributed by atoms with Gasteiger partial charge < -0.3 is 30.3 Å². The molecule has 0 spiro atoms. The number of hydrogen-bond donors (Lipinski definition) is 4. The van der Waals surface area contributed by atoms with Crippen LogP contribution in [0.2, 0.25) is 0 Å². The van der Waals surface area contributed by atoms with E-state index in [1.54, 1.807) is 43.3 Å². The molecule has 2 rings (SSSR count). The van der Waals surface area contributed by atoms with Gasteiger partial charge in [-0.25, -0.2) is 10.8 Å². The Kier molecular flexibility index (Phi) is 11.0. The van der Waals surface area contributed by atoms with Crippen LogP contribution in [0.5, 0.6) is 11.5 Å². The van der Waals surface area contributed by atoms with Gasteiger partial charge in [0, 0.05) is 5.56 Å². The van der Waals surface area contributed by atoms with Crippen molar-refractivity contribution in [3.8, 4) is 11.5 Å². The van der Waals surface area contributed by atoms with E-state index in [1.807, 2.05) is 0 Å². The van der Waals surface area contributed by atoms with Crippen LogP contribution in [0.25, 0.3) is 0 Å². The molecule has 2 aromatic rings. The molecule has 0 saturated heterocycles. The van der Waals surface area contributed by atoms with Crippen molar-refractivity contribution in [1.82, 2.24) is 16.1 Å². The van der Waals surface area contributed by atoms with Gasteiger partial charge in [-0.1, -0.05) is 6.07 Å². The van der Waals surface area contributed by atoms with Gasteiger partial charge in [0.25, 0.3) is 5.91 Å². The molecule has 0 saturated carbocycles.